The third kappa shape index (κ3) is 5.68. The molecule has 0 amide bonds. The lowest BCUT2D eigenvalue weighted by Crippen LogP contribution is -1.74. The first kappa shape index (κ1) is 8.81. The molecule has 9 heteroatoms. The molecule has 52 valence electrons. The number of hydrogen-bond donors (Lipinski definition) is 2. The summed E-state index contributed by atoms with van der Waals surface area (Å²) < 4.78 is 22.8. The molecule has 0 aromatic heterocycles. The molecule has 1 atom stereocenters. The van der Waals surface area contributed by atoms with Gasteiger partial charge in [0.1, 0.15) is 0 Å². The summed E-state index contributed by atoms with van der Waals surface area (Å²) in [4.78, 5) is 26.5. The number of nitrogens with zero attached hydrogens (tertiary/aromatic N) is 1. The standard InChI is InChI=1S/HNO6P2/c2-1-8(3)7-9(4,5)6/h(H-,4,5,6)/p+1. The summed E-state index contributed by atoms with van der Waals surface area (Å²) >= 11 is 0. The van der Waals surface area contributed by atoms with Crippen molar-refractivity contribution in [3.05, 3.63) is 4.91 Å². The zero-order chi connectivity index (χ0) is 7.49. The highest BCUT2D eigenvalue weighted by atomic mass is 31.2. The zero-order valence-corrected chi connectivity index (χ0v) is 5.66. The van der Waals surface area contributed by atoms with Crippen molar-refractivity contribution >= 4 is 16.0 Å². The van der Waals surface area contributed by atoms with Crippen LogP contribution in [0.4, 0.5) is 0 Å². The summed E-state index contributed by atoms with van der Waals surface area (Å²) in [6.07, 6.45) is 0. The van der Waals surface area contributed by atoms with E-state index >= 15 is 0 Å². The van der Waals surface area contributed by atoms with Gasteiger partial charge in [0.15, 0.2) is 0 Å². The van der Waals surface area contributed by atoms with E-state index in [9.17, 15) is 14.0 Å². The van der Waals surface area contributed by atoms with Gasteiger partial charge < -0.3 is 9.79 Å². The van der Waals surface area contributed by atoms with Gasteiger partial charge in [0.25, 0.3) is 0 Å². The summed E-state index contributed by atoms with van der Waals surface area (Å²) in [5.41, 5.74) is 0. The maximum atomic E-state index is 9.78. The maximum Gasteiger partial charge on any atom is 0.719 e. The third-order valence-corrected chi connectivity index (χ3v) is 1.79. The second-order valence-corrected chi connectivity index (χ2v) is 3.17. The molecule has 0 aromatic carbocycles. The van der Waals surface area contributed by atoms with Gasteiger partial charge in [-0.1, -0.05) is 4.91 Å². The van der Waals surface area contributed by atoms with Gasteiger partial charge in [-0.15, -0.1) is 0 Å². The molecule has 7 nitrogen and oxygen atoms in total. The van der Waals surface area contributed by atoms with Crippen LogP contribution in [-0.2, 0) is 13.4 Å². The summed E-state index contributed by atoms with van der Waals surface area (Å²) in [5, 5.41) is 0. The molecule has 0 aliphatic rings. The second-order valence-electron chi connectivity index (χ2n) is 0.892. The van der Waals surface area contributed by atoms with Crippen molar-refractivity contribution in [1.82, 2.24) is 0 Å². The summed E-state index contributed by atoms with van der Waals surface area (Å²) in [6, 6.07) is 0. The Bertz CT molecular complexity index is 166. The molecule has 0 aliphatic heterocycles. The van der Waals surface area contributed by atoms with Crippen LogP contribution in [0.15, 0.2) is 4.95 Å². The van der Waals surface area contributed by atoms with E-state index in [0.29, 0.717) is 0 Å². The van der Waals surface area contributed by atoms with E-state index in [1.807, 2.05) is 0 Å². The molecule has 0 spiro atoms. The van der Waals surface area contributed by atoms with Crippen molar-refractivity contribution in [3.63, 3.8) is 0 Å². The molecular formula is H2NO6P2+. The van der Waals surface area contributed by atoms with Gasteiger partial charge >= 0.3 is 16.0 Å². The van der Waals surface area contributed by atoms with E-state index in [0.717, 1.165) is 0 Å². The topological polar surface area (TPSA) is 113 Å². The van der Waals surface area contributed by atoms with Crippen molar-refractivity contribution in [2.75, 3.05) is 0 Å². The monoisotopic (exact) mass is 174 g/mol. The van der Waals surface area contributed by atoms with E-state index in [2.05, 4.69) is 4.31 Å². The van der Waals surface area contributed by atoms with E-state index in [1.54, 1.807) is 4.95 Å². The Kier molecular flexibility index (Phi) is 3.03. The van der Waals surface area contributed by atoms with E-state index in [4.69, 9.17) is 9.79 Å². The second kappa shape index (κ2) is 3.10. The lowest BCUT2D eigenvalue weighted by atomic mass is 13.7. The van der Waals surface area contributed by atoms with E-state index in [-0.39, 0.29) is 0 Å². The van der Waals surface area contributed by atoms with Gasteiger partial charge in [0.05, 0.1) is 0 Å². The number of rotatable bonds is 3. The van der Waals surface area contributed by atoms with Crippen molar-refractivity contribution < 1.29 is 23.2 Å². The van der Waals surface area contributed by atoms with Gasteiger partial charge in [-0.2, -0.15) is 0 Å². The van der Waals surface area contributed by atoms with Crippen LogP contribution in [0.25, 0.3) is 0 Å². The molecule has 0 saturated carbocycles. The van der Waals surface area contributed by atoms with Crippen molar-refractivity contribution in [3.8, 4) is 0 Å². The predicted octanol–water partition coefficient (Wildman–Crippen LogP) is 0.519. The fourth-order valence-electron chi connectivity index (χ4n) is 0.106. The molecule has 0 saturated heterocycles. The van der Waals surface area contributed by atoms with Gasteiger partial charge in [-0.3, -0.25) is 0 Å². The fourth-order valence-corrected chi connectivity index (χ4v) is 0.953. The molecule has 2 N–H and O–H groups in total. The molecule has 0 aliphatic carbocycles. The molecule has 0 aromatic rings. The van der Waals surface area contributed by atoms with E-state index in [1.165, 1.54) is 0 Å². The van der Waals surface area contributed by atoms with Crippen LogP contribution in [0, 0.1) is 4.91 Å². The average molecular weight is 174 g/mol. The Morgan fingerprint density at radius 1 is 1.56 bits per heavy atom. The highest BCUT2D eigenvalue weighted by molar-refractivity contribution is 7.56. The first-order valence-electron chi connectivity index (χ1n) is 1.51. The minimum absolute atomic E-state index is 1.72. The zero-order valence-electron chi connectivity index (χ0n) is 3.87. The molecule has 0 heterocycles. The highest BCUT2D eigenvalue weighted by Gasteiger charge is 2.33. The smallest absolute Gasteiger partial charge is 0.300 e. The van der Waals surface area contributed by atoms with Gasteiger partial charge in [-0.05, 0) is 4.31 Å². The lowest BCUT2D eigenvalue weighted by molar-refractivity contribution is 0.288. The SMILES string of the molecule is O=N[P+](=O)OP(=O)(O)O. The van der Waals surface area contributed by atoms with Crippen LogP contribution in [-0.4, -0.2) is 9.79 Å². The number of phosphoric acid groups is 1. The molecule has 0 bridgehead atoms. The maximum absolute atomic E-state index is 9.78. The number of nitroso groups, excluding NO2 is 1. The molecule has 0 rings (SSSR count). The van der Waals surface area contributed by atoms with Crippen molar-refractivity contribution in [1.29, 1.82) is 0 Å². The highest BCUT2D eigenvalue weighted by Crippen LogP contribution is 2.47. The Morgan fingerprint density at radius 3 is 2.11 bits per heavy atom. The Morgan fingerprint density at radius 2 is 2.00 bits per heavy atom. The first-order valence-corrected chi connectivity index (χ1v) is 4.17. The van der Waals surface area contributed by atoms with Crippen molar-refractivity contribution in [2.45, 2.75) is 0 Å². The largest absolute Gasteiger partial charge is 0.719 e. The Labute approximate surface area is 50.2 Å². The summed E-state index contributed by atoms with van der Waals surface area (Å²) in [7, 11) is -7.93. The minimum Gasteiger partial charge on any atom is -0.300 e. The first-order chi connectivity index (χ1) is 3.95. The van der Waals surface area contributed by atoms with Gasteiger partial charge in [-0.25, -0.2) is 4.57 Å². The quantitative estimate of drug-likeness (QED) is 0.476. The van der Waals surface area contributed by atoms with Gasteiger partial charge in [0, 0.05) is 4.57 Å². The van der Waals surface area contributed by atoms with Crippen LogP contribution in [0.1, 0.15) is 0 Å². The molecule has 0 radical (unpaired) electrons. The Balaban J connectivity index is 3.89. The van der Waals surface area contributed by atoms with E-state index < -0.39 is 16.0 Å². The van der Waals surface area contributed by atoms with Crippen molar-refractivity contribution in [2.24, 2.45) is 4.95 Å². The van der Waals surface area contributed by atoms with Crippen LogP contribution < -0.4 is 0 Å². The summed E-state index contributed by atoms with van der Waals surface area (Å²) in [6.45, 7) is 0. The molecule has 1 unspecified atom stereocenters. The normalized spacial score (nSPS) is 12.9. The summed E-state index contributed by atoms with van der Waals surface area (Å²) in [5.74, 6) is 0. The predicted molar refractivity (Wildman–Crippen MR) is 26.5 cm³/mol. The molecular weight excluding hydrogens is 172 g/mol. The van der Waals surface area contributed by atoms with Crippen LogP contribution in [0.2, 0.25) is 0 Å². The fraction of sp³-hybridized carbons (Fsp3) is 0. The molecule has 9 heavy (non-hydrogen) atoms. The van der Waals surface area contributed by atoms with Gasteiger partial charge in [0.2, 0.25) is 4.95 Å². The third-order valence-electron chi connectivity index (χ3n) is 0.243. The van der Waals surface area contributed by atoms with Crippen LogP contribution >= 0.6 is 16.0 Å². The lowest BCUT2D eigenvalue weighted by Gasteiger charge is -1.85. The minimum atomic E-state index is -4.82. The Hall–Kier alpha value is -0.190. The van der Waals surface area contributed by atoms with Crippen LogP contribution in [0.5, 0.6) is 0 Å². The average Bonchev–Trinajstić information content (AvgIpc) is 1.62. The number of hydrogen-bond acceptors (Lipinski definition) is 4. The molecule has 0 fully saturated rings. The van der Waals surface area contributed by atoms with Crippen LogP contribution in [0.3, 0.4) is 0 Å².